The fraction of sp³-hybridized carbons (Fsp3) is 0.778. The topological polar surface area (TPSA) is 137 Å². The predicted octanol–water partition coefficient (Wildman–Crippen LogP) is 6.25. The summed E-state index contributed by atoms with van der Waals surface area (Å²) in [6.45, 7) is 2.82. The zero-order valence-electron chi connectivity index (χ0n) is 27.9. The Morgan fingerprint density at radius 2 is 1.27 bits per heavy atom. The lowest BCUT2D eigenvalue weighted by molar-refractivity contribution is -0.291. The molecule has 1 aliphatic heterocycles. The summed E-state index contributed by atoms with van der Waals surface area (Å²) in [6, 6.07) is 6.82. The zero-order chi connectivity index (χ0) is 32.9. The average Bonchev–Trinajstić information content (AvgIpc) is 3.04. The first kappa shape index (κ1) is 39.1. The maximum atomic E-state index is 13.3. The Kier molecular flexibility index (Phi) is 20.3. The molecule has 1 heterocycles. The minimum atomic E-state index is -1.44. The second kappa shape index (κ2) is 23.3. The standard InChI is InChI=1S/C36H61NO8/c1-3-4-5-6-7-8-9-10-11-12-13-14-15-16-17-21-31(38)37(27-30-32(39)33(40)34(41)36(44-2)45-30)26-19-18-20-28-22-24-29(25-23-28)35(42)43/h22-25,30,32-34,36,39-41H,3-21,26-27H2,1-2H3,(H,42,43)/t30-,32-,33+,34-,36+/m1/s1. The molecule has 5 atom stereocenters. The lowest BCUT2D eigenvalue weighted by Crippen LogP contribution is -2.60. The van der Waals surface area contributed by atoms with Crippen LogP contribution >= 0.6 is 0 Å². The molecule has 0 radical (unpaired) electrons. The number of carbonyl (C=O) groups is 2. The summed E-state index contributed by atoms with van der Waals surface area (Å²) < 4.78 is 10.9. The van der Waals surface area contributed by atoms with Crippen LogP contribution in [0.1, 0.15) is 138 Å². The van der Waals surface area contributed by atoms with E-state index in [9.17, 15) is 24.9 Å². The van der Waals surface area contributed by atoms with Crippen LogP contribution in [-0.2, 0) is 20.7 Å². The molecular formula is C36H61NO8. The molecule has 9 nitrogen and oxygen atoms in total. The van der Waals surface area contributed by atoms with Crippen molar-refractivity contribution in [2.24, 2.45) is 0 Å². The van der Waals surface area contributed by atoms with Gasteiger partial charge in [-0.3, -0.25) is 4.79 Å². The number of amides is 1. The van der Waals surface area contributed by atoms with Gasteiger partial charge in [0.1, 0.15) is 24.4 Å². The summed E-state index contributed by atoms with van der Waals surface area (Å²) in [5.74, 6) is -0.967. The minimum absolute atomic E-state index is 0.0131. The van der Waals surface area contributed by atoms with E-state index < -0.39 is 36.7 Å². The molecule has 0 bridgehead atoms. The predicted molar refractivity (Wildman–Crippen MR) is 176 cm³/mol. The third kappa shape index (κ3) is 15.4. The van der Waals surface area contributed by atoms with E-state index in [0.717, 1.165) is 37.7 Å². The maximum Gasteiger partial charge on any atom is 0.335 e. The van der Waals surface area contributed by atoms with E-state index >= 15 is 0 Å². The van der Waals surface area contributed by atoms with Gasteiger partial charge in [0.15, 0.2) is 6.29 Å². The van der Waals surface area contributed by atoms with E-state index in [1.807, 2.05) is 12.1 Å². The van der Waals surface area contributed by atoms with Crippen LogP contribution in [0, 0.1) is 0 Å². The summed E-state index contributed by atoms with van der Waals surface area (Å²) in [7, 11) is 1.36. The summed E-state index contributed by atoms with van der Waals surface area (Å²) in [4.78, 5) is 26.1. The van der Waals surface area contributed by atoms with Gasteiger partial charge in [-0.05, 0) is 43.4 Å². The first-order valence-electron chi connectivity index (χ1n) is 17.6. The van der Waals surface area contributed by atoms with E-state index in [4.69, 9.17) is 14.6 Å². The van der Waals surface area contributed by atoms with Crippen molar-refractivity contribution < 1.29 is 39.5 Å². The molecule has 1 saturated heterocycles. The number of nitrogens with zero attached hydrogens (tertiary/aromatic N) is 1. The van der Waals surface area contributed by atoms with Crippen LogP contribution in [0.15, 0.2) is 24.3 Å². The van der Waals surface area contributed by atoms with E-state index in [1.54, 1.807) is 17.0 Å². The highest BCUT2D eigenvalue weighted by molar-refractivity contribution is 5.87. The van der Waals surface area contributed by atoms with Gasteiger partial charge in [-0.15, -0.1) is 0 Å². The van der Waals surface area contributed by atoms with Crippen LogP contribution in [0.25, 0.3) is 0 Å². The quantitative estimate of drug-likeness (QED) is 0.0926. The van der Waals surface area contributed by atoms with Gasteiger partial charge in [0.2, 0.25) is 5.91 Å². The molecule has 9 heteroatoms. The van der Waals surface area contributed by atoms with E-state index in [-0.39, 0.29) is 18.0 Å². The van der Waals surface area contributed by atoms with Gasteiger partial charge in [-0.25, -0.2) is 4.79 Å². The number of unbranched alkanes of at least 4 members (excludes halogenated alkanes) is 15. The molecule has 0 saturated carbocycles. The maximum absolute atomic E-state index is 13.3. The second-order valence-electron chi connectivity index (χ2n) is 12.7. The van der Waals surface area contributed by atoms with Gasteiger partial charge in [0.05, 0.1) is 5.56 Å². The van der Waals surface area contributed by atoms with Crippen molar-refractivity contribution in [3.05, 3.63) is 35.4 Å². The number of aliphatic hydroxyl groups excluding tert-OH is 3. The van der Waals surface area contributed by atoms with Gasteiger partial charge in [0, 0.05) is 26.6 Å². The number of ether oxygens (including phenoxy) is 2. The summed E-state index contributed by atoms with van der Waals surface area (Å²) in [6.07, 6.45) is 15.4. The number of carboxylic acids is 1. The number of aryl methyl sites for hydroxylation is 1. The smallest absolute Gasteiger partial charge is 0.335 e. The number of benzene rings is 1. The molecule has 1 aliphatic rings. The normalized spacial score (nSPS) is 21.6. The molecule has 0 aliphatic carbocycles. The number of carboxylic acid groups (broad SMARTS) is 1. The highest BCUT2D eigenvalue weighted by Crippen LogP contribution is 2.23. The molecule has 1 fully saturated rings. The van der Waals surface area contributed by atoms with Crippen molar-refractivity contribution in [2.75, 3.05) is 20.2 Å². The Hall–Kier alpha value is -2.04. The van der Waals surface area contributed by atoms with Gasteiger partial charge in [-0.1, -0.05) is 109 Å². The largest absolute Gasteiger partial charge is 0.478 e. The number of aromatic carboxylic acids is 1. The molecule has 4 N–H and O–H groups in total. The molecule has 1 aromatic rings. The van der Waals surface area contributed by atoms with Crippen molar-refractivity contribution in [1.82, 2.24) is 4.90 Å². The lowest BCUT2D eigenvalue weighted by Gasteiger charge is -2.41. The van der Waals surface area contributed by atoms with Crippen molar-refractivity contribution in [3.63, 3.8) is 0 Å². The van der Waals surface area contributed by atoms with Crippen LogP contribution in [-0.4, -0.2) is 88.1 Å². The van der Waals surface area contributed by atoms with Crippen LogP contribution < -0.4 is 0 Å². The van der Waals surface area contributed by atoms with Crippen LogP contribution in [0.3, 0.4) is 0 Å². The SMILES string of the molecule is CCCCCCCCCCCCCCCCCC(=O)N(CCCCc1ccc(C(=O)O)cc1)C[C@H]1O[C@H](OC)[C@H](O)[C@@H](O)[C@@H]1O. The number of rotatable bonds is 25. The lowest BCUT2D eigenvalue weighted by atomic mass is 9.98. The number of methoxy groups -OCH3 is 1. The van der Waals surface area contributed by atoms with Crippen LogP contribution in [0.2, 0.25) is 0 Å². The van der Waals surface area contributed by atoms with Crippen LogP contribution in [0.4, 0.5) is 0 Å². The van der Waals surface area contributed by atoms with Crippen molar-refractivity contribution in [1.29, 1.82) is 0 Å². The molecule has 0 unspecified atom stereocenters. The minimum Gasteiger partial charge on any atom is -0.478 e. The molecule has 1 amide bonds. The fourth-order valence-electron chi connectivity index (χ4n) is 6.05. The average molecular weight is 636 g/mol. The highest BCUT2D eigenvalue weighted by Gasteiger charge is 2.44. The van der Waals surface area contributed by atoms with Crippen LogP contribution in [0.5, 0.6) is 0 Å². The molecule has 0 spiro atoms. The van der Waals surface area contributed by atoms with Crippen molar-refractivity contribution in [2.45, 2.75) is 160 Å². The first-order chi connectivity index (χ1) is 21.8. The van der Waals surface area contributed by atoms with E-state index in [0.29, 0.717) is 19.4 Å². The number of hydrogen-bond acceptors (Lipinski definition) is 7. The number of hydrogen-bond donors (Lipinski definition) is 4. The van der Waals surface area contributed by atoms with Gasteiger partial charge >= 0.3 is 5.97 Å². The Bertz CT molecular complexity index is 924. The first-order valence-corrected chi connectivity index (χ1v) is 17.6. The Labute approximate surface area is 271 Å². The Morgan fingerprint density at radius 1 is 0.733 bits per heavy atom. The molecule has 1 aromatic carbocycles. The molecule has 0 aromatic heterocycles. The molecular weight excluding hydrogens is 574 g/mol. The van der Waals surface area contributed by atoms with Crippen molar-refractivity contribution >= 4 is 11.9 Å². The fourth-order valence-corrected chi connectivity index (χ4v) is 6.05. The summed E-state index contributed by atoms with van der Waals surface area (Å²) >= 11 is 0. The van der Waals surface area contributed by atoms with Gasteiger partial charge in [-0.2, -0.15) is 0 Å². The van der Waals surface area contributed by atoms with Gasteiger partial charge in [0.25, 0.3) is 0 Å². The highest BCUT2D eigenvalue weighted by atomic mass is 16.7. The Balaban J connectivity index is 1.73. The zero-order valence-corrected chi connectivity index (χ0v) is 27.9. The molecule has 258 valence electrons. The summed E-state index contributed by atoms with van der Waals surface area (Å²) in [5, 5.41) is 40.1. The van der Waals surface area contributed by atoms with E-state index in [2.05, 4.69) is 6.92 Å². The number of carbonyl (C=O) groups excluding carboxylic acids is 1. The Morgan fingerprint density at radius 3 is 1.78 bits per heavy atom. The molecule has 2 rings (SSSR count). The van der Waals surface area contributed by atoms with Crippen molar-refractivity contribution in [3.8, 4) is 0 Å². The number of aliphatic hydroxyl groups is 3. The van der Waals surface area contributed by atoms with E-state index in [1.165, 1.54) is 84.2 Å². The third-order valence-electron chi connectivity index (χ3n) is 8.99. The van der Waals surface area contributed by atoms with Gasteiger partial charge < -0.3 is 34.8 Å². The monoisotopic (exact) mass is 635 g/mol. The summed E-state index contributed by atoms with van der Waals surface area (Å²) in [5.41, 5.74) is 1.28. The second-order valence-corrected chi connectivity index (χ2v) is 12.7. The molecule has 45 heavy (non-hydrogen) atoms. The third-order valence-corrected chi connectivity index (χ3v) is 8.99.